The molecule has 1 saturated carbocycles. The van der Waals surface area contributed by atoms with Crippen molar-refractivity contribution in [2.75, 3.05) is 38.4 Å². The smallest absolute Gasteiger partial charge is 0.273 e. The first-order chi connectivity index (χ1) is 18.2. The molecular formula is C25H27FN8O4. The molecule has 1 aliphatic rings. The lowest BCUT2D eigenvalue weighted by molar-refractivity contribution is -0.117. The van der Waals surface area contributed by atoms with Crippen LogP contribution in [0, 0.1) is 11.7 Å². The Morgan fingerprint density at radius 2 is 1.82 bits per heavy atom. The third-order valence-electron chi connectivity index (χ3n) is 5.92. The number of rotatable bonds is 9. The molecule has 1 fully saturated rings. The van der Waals surface area contributed by atoms with E-state index in [1.54, 1.807) is 7.05 Å². The van der Waals surface area contributed by atoms with Gasteiger partial charge in [0.15, 0.2) is 23.1 Å². The summed E-state index contributed by atoms with van der Waals surface area (Å²) >= 11 is 0. The summed E-state index contributed by atoms with van der Waals surface area (Å²) in [4.78, 5) is 47.0. The number of ether oxygens (including phenoxy) is 1. The van der Waals surface area contributed by atoms with Crippen LogP contribution in [0.3, 0.4) is 0 Å². The first kappa shape index (κ1) is 26.4. The van der Waals surface area contributed by atoms with Crippen molar-refractivity contribution in [2.45, 2.75) is 19.8 Å². The number of carbonyl (C=O) groups is 3. The summed E-state index contributed by atoms with van der Waals surface area (Å²) < 4.78 is 20.3. The van der Waals surface area contributed by atoms with Crippen LogP contribution in [0.2, 0.25) is 0 Å². The predicted molar refractivity (Wildman–Crippen MR) is 137 cm³/mol. The number of anilines is 3. The Kier molecular flexibility index (Phi) is 7.74. The van der Waals surface area contributed by atoms with Crippen molar-refractivity contribution in [1.29, 1.82) is 0 Å². The van der Waals surface area contributed by atoms with Crippen LogP contribution in [0.15, 0.2) is 30.6 Å². The lowest BCUT2D eigenvalue weighted by Gasteiger charge is -2.17. The Labute approximate surface area is 218 Å². The number of benzene rings is 1. The average Bonchev–Trinajstić information content (AvgIpc) is 3.78. The summed E-state index contributed by atoms with van der Waals surface area (Å²) in [5.41, 5.74) is 0.720. The molecule has 0 bridgehead atoms. The van der Waals surface area contributed by atoms with Crippen molar-refractivity contribution in [3.8, 4) is 17.1 Å². The molecule has 3 amide bonds. The van der Waals surface area contributed by atoms with Crippen LogP contribution in [0.5, 0.6) is 5.75 Å². The minimum absolute atomic E-state index is 0.0678. The molecule has 0 aliphatic heterocycles. The molecule has 3 N–H and O–H groups in total. The van der Waals surface area contributed by atoms with Gasteiger partial charge in [-0.05, 0) is 25.8 Å². The summed E-state index contributed by atoms with van der Waals surface area (Å²) in [5, 5.41) is 16.0. The van der Waals surface area contributed by atoms with E-state index in [4.69, 9.17) is 4.74 Å². The number of halogens is 1. The molecule has 3 aromatic rings. The molecule has 0 unspecified atom stereocenters. The zero-order valence-corrected chi connectivity index (χ0v) is 21.3. The normalized spacial score (nSPS) is 12.4. The molecule has 1 aromatic carbocycles. The van der Waals surface area contributed by atoms with Gasteiger partial charge in [0.05, 0.1) is 29.6 Å². The molecule has 1 aliphatic carbocycles. The molecular weight excluding hydrogens is 495 g/mol. The van der Waals surface area contributed by atoms with Crippen LogP contribution < -0.4 is 20.7 Å². The van der Waals surface area contributed by atoms with Crippen molar-refractivity contribution < 1.29 is 23.5 Å². The van der Waals surface area contributed by atoms with Gasteiger partial charge in [0.1, 0.15) is 5.82 Å². The summed E-state index contributed by atoms with van der Waals surface area (Å²) in [6.45, 7) is 2.36. The second-order valence-corrected chi connectivity index (χ2v) is 8.61. The van der Waals surface area contributed by atoms with Crippen molar-refractivity contribution in [1.82, 2.24) is 30.4 Å². The summed E-state index contributed by atoms with van der Waals surface area (Å²) in [6.07, 6.45) is 4.33. The van der Waals surface area contributed by atoms with Crippen molar-refractivity contribution in [3.05, 3.63) is 47.7 Å². The highest BCUT2D eigenvalue weighted by Crippen LogP contribution is 2.38. The van der Waals surface area contributed by atoms with Gasteiger partial charge >= 0.3 is 0 Å². The van der Waals surface area contributed by atoms with E-state index < -0.39 is 11.7 Å². The maximum absolute atomic E-state index is 14.8. The Hall–Kier alpha value is -4.68. The Balaban J connectivity index is 1.71. The van der Waals surface area contributed by atoms with Gasteiger partial charge in [0.25, 0.3) is 11.8 Å². The van der Waals surface area contributed by atoms with Crippen molar-refractivity contribution in [3.63, 3.8) is 0 Å². The van der Waals surface area contributed by atoms with Crippen LogP contribution >= 0.6 is 0 Å². The quantitative estimate of drug-likeness (QED) is 0.385. The van der Waals surface area contributed by atoms with E-state index in [1.165, 1.54) is 49.7 Å². The standard InChI is InChI=1S/C25H27FN8O4/c1-5-34(3)25(37)14-11-28-22(29-12-14)16-8-15(26)9-18(21(16)38-4)30-17-10-19(31-23(35)13-6-7-13)32-33-20(17)24(36)27-2/h8-13H,5-7H2,1-4H3,(H,27,36)(H2,30,31,32,35). The molecule has 0 saturated heterocycles. The van der Waals surface area contributed by atoms with Gasteiger partial charge in [-0.25, -0.2) is 14.4 Å². The number of nitrogens with zero attached hydrogens (tertiary/aromatic N) is 5. The Morgan fingerprint density at radius 3 is 2.42 bits per heavy atom. The van der Waals surface area contributed by atoms with Crippen LogP contribution in [0.4, 0.5) is 21.6 Å². The monoisotopic (exact) mass is 522 g/mol. The number of amides is 3. The van der Waals surface area contributed by atoms with E-state index in [0.29, 0.717) is 6.54 Å². The Morgan fingerprint density at radius 1 is 1.11 bits per heavy atom. The number of aromatic nitrogens is 4. The lowest BCUT2D eigenvalue weighted by Crippen LogP contribution is -2.26. The summed E-state index contributed by atoms with van der Waals surface area (Å²) in [6, 6.07) is 3.81. The maximum Gasteiger partial charge on any atom is 0.273 e. The maximum atomic E-state index is 14.8. The Bertz CT molecular complexity index is 1380. The van der Waals surface area contributed by atoms with Crippen molar-refractivity contribution in [2.24, 2.45) is 5.92 Å². The predicted octanol–water partition coefficient (Wildman–Crippen LogP) is 2.62. The molecule has 13 heteroatoms. The average molecular weight is 523 g/mol. The minimum Gasteiger partial charge on any atom is -0.494 e. The molecule has 0 spiro atoms. The zero-order valence-electron chi connectivity index (χ0n) is 21.3. The van der Waals surface area contributed by atoms with Gasteiger partial charge in [-0.15, -0.1) is 10.2 Å². The highest BCUT2D eigenvalue weighted by molar-refractivity contribution is 6.00. The van der Waals surface area contributed by atoms with E-state index in [0.717, 1.165) is 12.8 Å². The number of methoxy groups -OCH3 is 1. The van der Waals surface area contributed by atoms with Gasteiger partial charge < -0.3 is 25.6 Å². The molecule has 38 heavy (non-hydrogen) atoms. The van der Waals surface area contributed by atoms with Crippen LogP contribution in [-0.2, 0) is 4.79 Å². The molecule has 12 nitrogen and oxygen atoms in total. The summed E-state index contributed by atoms with van der Waals surface area (Å²) in [7, 11) is 4.48. The fraction of sp³-hybridized carbons (Fsp3) is 0.320. The van der Waals surface area contributed by atoms with Gasteiger partial charge in [-0.3, -0.25) is 14.4 Å². The van der Waals surface area contributed by atoms with Crippen molar-refractivity contribution >= 4 is 34.9 Å². The third-order valence-corrected chi connectivity index (χ3v) is 5.92. The first-order valence-electron chi connectivity index (χ1n) is 11.9. The first-order valence-corrected chi connectivity index (χ1v) is 11.9. The lowest BCUT2D eigenvalue weighted by atomic mass is 10.1. The third kappa shape index (κ3) is 5.66. The molecule has 4 rings (SSSR count). The second kappa shape index (κ2) is 11.2. The molecule has 2 heterocycles. The molecule has 0 atom stereocenters. The van der Waals surface area contributed by atoms with Gasteiger partial charge in [-0.2, -0.15) is 0 Å². The number of hydrogen-bond acceptors (Lipinski definition) is 9. The van der Waals surface area contributed by atoms with E-state index >= 15 is 0 Å². The van der Waals surface area contributed by atoms with Gasteiger partial charge in [0, 0.05) is 51.1 Å². The van der Waals surface area contributed by atoms with Crippen LogP contribution in [0.25, 0.3) is 11.4 Å². The second-order valence-electron chi connectivity index (χ2n) is 8.61. The summed E-state index contributed by atoms with van der Waals surface area (Å²) in [5.74, 6) is -1.25. The van der Waals surface area contributed by atoms with E-state index in [-0.39, 0.29) is 63.3 Å². The number of nitrogens with one attached hydrogen (secondary N) is 3. The SMILES string of the molecule is CCN(C)C(=O)c1cnc(-c2cc(F)cc(Nc3cc(NC(=O)C4CC4)nnc3C(=O)NC)c2OC)nc1. The van der Waals surface area contributed by atoms with E-state index in [2.05, 4.69) is 36.1 Å². The highest BCUT2D eigenvalue weighted by Gasteiger charge is 2.30. The van der Waals surface area contributed by atoms with Gasteiger partial charge in [-0.1, -0.05) is 0 Å². The highest BCUT2D eigenvalue weighted by atomic mass is 19.1. The van der Waals surface area contributed by atoms with Crippen LogP contribution in [-0.4, -0.2) is 70.5 Å². The number of hydrogen-bond donors (Lipinski definition) is 3. The van der Waals surface area contributed by atoms with E-state index in [9.17, 15) is 18.8 Å². The molecule has 198 valence electrons. The van der Waals surface area contributed by atoms with E-state index in [1.807, 2.05) is 6.92 Å². The number of carbonyl (C=O) groups excluding carboxylic acids is 3. The topological polar surface area (TPSA) is 151 Å². The minimum atomic E-state index is -0.636. The fourth-order valence-electron chi connectivity index (χ4n) is 3.57. The van der Waals surface area contributed by atoms with Crippen LogP contribution in [0.1, 0.15) is 40.6 Å². The zero-order chi connectivity index (χ0) is 27.4. The largest absolute Gasteiger partial charge is 0.494 e. The molecule has 2 aromatic heterocycles. The fourth-order valence-corrected chi connectivity index (χ4v) is 3.57. The molecule has 0 radical (unpaired) electrons. The van der Waals surface area contributed by atoms with Gasteiger partial charge in [0.2, 0.25) is 5.91 Å².